The summed E-state index contributed by atoms with van der Waals surface area (Å²) in [5, 5.41) is 24.2. The highest BCUT2D eigenvalue weighted by molar-refractivity contribution is 6.33. The zero-order valence-electron chi connectivity index (χ0n) is 18.8. The van der Waals surface area contributed by atoms with Gasteiger partial charge in [-0.15, -0.1) is 5.10 Å². The minimum absolute atomic E-state index is 0.0784. The van der Waals surface area contributed by atoms with Crippen LogP contribution in [0.2, 0.25) is 10.0 Å². The van der Waals surface area contributed by atoms with Crippen LogP contribution in [-0.2, 0) is 13.1 Å². The van der Waals surface area contributed by atoms with Crippen LogP contribution in [0, 0.1) is 0 Å². The monoisotopic (exact) mass is 551 g/mol. The van der Waals surface area contributed by atoms with Crippen molar-refractivity contribution in [3.05, 3.63) is 98.4 Å². The molecule has 192 valence electrons. The molecule has 7 nitrogen and oxygen atoms in total. The number of aromatic nitrogens is 3. The first kappa shape index (κ1) is 26.5. The van der Waals surface area contributed by atoms with Crippen LogP contribution in [0.25, 0.3) is 22.5 Å². The van der Waals surface area contributed by atoms with Gasteiger partial charge < -0.3 is 10.2 Å². The number of carbonyl (C=O) groups is 1. The number of nitrogens with zero attached hydrogens (tertiary/aromatic N) is 3. The van der Waals surface area contributed by atoms with Crippen molar-refractivity contribution < 1.29 is 28.2 Å². The molecule has 4 aromatic rings. The molecule has 0 saturated carbocycles. The second kappa shape index (κ2) is 10.4. The molecule has 1 heterocycles. The number of aromatic carboxylic acids is 1. The van der Waals surface area contributed by atoms with Crippen molar-refractivity contribution in [2.24, 2.45) is 0 Å². The zero-order valence-corrected chi connectivity index (χ0v) is 20.3. The van der Waals surface area contributed by atoms with Crippen LogP contribution in [0.4, 0.5) is 13.2 Å². The fourth-order valence-corrected chi connectivity index (χ4v) is 4.10. The second-order valence-electron chi connectivity index (χ2n) is 8.14. The molecule has 1 unspecified atom stereocenters. The Hall–Kier alpha value is -3.60. The van der Waals surface area contributed by atoms with E-state index in [1.807, 2.05) is 0 Å². The molecule has 0 amide bonds. The lowest BCUT2D eigenvalue weighted by atomic mass is 9.99. The van der Waals surface area contributed by atoms with E-state index in [9.17, 15) is 33.0 Å². The number of carboxylic acids is 1. The maximum Gasteiger partial charge on any atom is 0.416 e. The van der Waals surface area contributed by atoms with Crippen LogP contribution >= 0.6 is 23.2 Å². The average Bonchev–Trinajstić information content (AvgIpc) is 3.14. The van der Waals surface area contributed by atoms with Gasteiger partial charge in [0.1, 0.15) is 0 Å². The van der Waals surface area contributed by atoms with Gasteiger partial charge in [0, 0.05) is 21.2 Å². The van der Waals surface area contributed by atoms with E-state index in [-0.39, 0.29) is 17.9 Å². The molecule has 4 rings (SSSR count). The molecule has 0 aliphatic carbocycles. The number of alkyl halides is 3. The Morgan fingerprint density at radius 3 is 2.30 bits per heavy atom. The maximum atomic E-state index is 13.1. The quantitative estimate of drug-likeness (QED) is 0.322. The number of hydrogen-bond acceptors (Lipinski definition) is 4. The normalized spacial score (nSPS) is 12.5. The van der Waals surface area contributed by atoms with Crippen molar-refractivity contribution in [3.8, 4) is 22.5 Å². The number of aliphatic hydroxyl groups excluding tert-OH is 1. The summed E-state index contributed by atoms with van der Waals surface area (Å²) in [6.45, 7) is -1.34. The molecule has 0 aliphatic heterocycles. The van der Waals surface area contributed by atoms with Crippen LogP contribution in [-0.4, -0.2) is 42.8 Å². The molecule has 0 fully saturated rings. The molecule has 2 N–H and O–H groups in total. The van der Waals surface area contributed by atoms with Gasteiger partial charge in [-0.25, -0.2) is 14.3 Å². The number of rotatable bonds is 7. The van der Waals surface area contributed by atoms with E-state index in [0.717, 1.165) is 9.25 Å². The van der Waals surface area contributed by atoms with Gasteiger partial charge in [-0.1, -0.05) is 41.4 Å². The van der Waals surface area contributed by atoms with Gasteiger partial charge in [0.05, 0.1) is 18.7 Å². The molecule has 0 bridgehead atoms. The highest BCUT2D eigenvalue weighted by Gasteiger charge is 2.39. The van der Waals surface area contributed by atoms with E-state index in [1.165, 1.54) is 36.4 Å². The maximum absolute atomic E-state index is 13.1. The first-order valence-electron chi connectivity index (χ1n) is 10.7. The molecule has 0 aliphatic rings. The largest absolute Gasteiger partial charge is 0.478 e. The van der Waals surface area contributed by atoms with Crippen molar-refractivity contribution >= 4 is 29.2 Å². The van der Waals surface area contributed by atoms with E-state index in [4.69, 9.17) is 23.2 Å². The molecule has 1 atom stereocenters. The Labute approximate surface area is 217 Å². The first-order chi connectivity index (χ1) is 17.4. The fraction of sp³-hybridized carbons (Fsp3) is 0.160. The Bertz CT molecular complexity index is 1520. The van der Waals surface area contributed by atoms with Crippen LogP contribution in [0.15, 0.2) is 71.5 Å². The minimum atomic E-state index is -4.96. The van der Waals surface area contributed by atoms with Crippen LogP contribution in [0.5, 0.6) is 0 Å². The number of aliphatic hydroxyl groups is 1. The highest BCUT2D eigenvalue weighted by Crippen LogP contribution is 2.30. The Balaban J connectivity index is 1.81. The predicted octanol–water partition coefficient (Wildman–Crippen LogP) is 5.36. The number of hydrogen-bond donors (Lipinski definition) is 2. The van der Waals surface area contributed by atoms with E-state index < -0.39 is 30.5 Å². The molecule has 0 radical (unpaired) electrons. The molecular weight excluding hydrogens is 534 g/mol. The molecule has 0 spiro atoms. The summed E-state index contributed by atoms with van der Waals surface area (Å²) in [6.07, 6.45) is -7.77. The van der Waals surface area contributed by atoms with Crippen molar-refractivity contribution in [2.75, 3.05) is 0 Å². The summed E-state index contributed by atoms with van der Waals surface area (Å²) in [5.74, 6) is -1.34. The summed E-state index contributed by atoms with van der Waals surface area (Å²) in [7, 11) is 0. The number of halogens is 5. The summed E-state index contributed by atoms with van der Waals surface area (Å²) < 4.78 is 40.9. The number of benzene rings is 3. The summed E-state index contributed by atoms with van der Waals surface area (Å²) in [6, 6.07) is 17.1. The Kier molecular flexibility index (Phi) is 7.44. The SMILES string of the molecule is O=C(O)c1cc(Cn2nc(-c3ccc(Cl)cc3)n(CC(O)C(F)(F)F)c2=O)cc(-c2ccccc2Cl)c1. The summed E-state index contributed by atoms with van der Waals surface area (Å²) in [5.41, 5.74) is 0.671. The van der Waals surface area contributed by atoms with Gasteiger partial charge in [-0.3, -0.25) is 4.57 Å². The van der Waals surface area contributed by atoms with Crippen molar-refractivity contribution in [2.45, 2.75) is 25.4 Å². The summed E-state index contributed by atoms with van der Waals surface area (Å²) in [4.78, 5) is 24.9. The minimum Gasteiger partial charge on any atom is -0.478 e. The van der Waals surface area contributed by atoms with E-state index in [0.29, 0.717) is 32.3 Å². The smallest absolute Gasteiger partial charge is 0.416 e. The van der Waals surface area contributed by atoms with Gasteiger partial charge in [0.15, 0.2) is 11.9 Å². The van der Waals surface area contributed by atoms with Gasteiger partial charge in [0.2, 0.25) is 0 Å². The van der Waals surface area contributed by atoms with E-state index in [1.54, 1.807) is 30.3 Å². The molecule has 0 saturated heterocycles. The van der Waals surface area contributed by atoms with E-state index >= 15 is 0 Å². The lowest BCUT2D eigenvalue weighted by Gasteiger charge is -2.15. The van der Waals surface area contributed by atoms with Crippen molar-refractivity contribution in [1.29, 1.82) is 0 Å². The lowest BCUT2D eigenvalue weighted by Crippen LogP contribution is -2.37. The van der Waals surface area contributed by atoms with Gasteiger partial charge in [0.25, 0.3) is 0 Å². The third kappa shape index (κ3) is 5.87. The molecule has 37 heavy (non-hydrogen) atoms. The summed E-state index contributed by atoms with van der Waals surface area (Å²) >= 11 is 12.2. The lowest BCUT2D eigenvalue weighted by molar-refractivity contribution is -0.207. The van der Waals surface area contributed by atoms with Gasteiger partial charge in [-0.05, 0) is 59.7 Å². The highest BCUT2D eigenvalue weighted by atomic mass is 35.5. The Morgan fingerprint density at radius 2 is 1.68 bits per heavy atom. The van der Waals surface area contributed by atoms with Crippen LogP contribution in [0.1, 0.15) is 15.9 Å². The van der Waals surface area contributed by atoms with Gasteiger partial charge in [-0.2, -0.15) is 13.2 Å². The zero-order chi connectivity index (χ0) is 26.9. The standard InChI is InChI=1S/C25H18Cl2F3N3O4/c26-18-7-5-15(6-8-18)22-31-33(24(37)32(22)13-21(34)25(28,29)30)12-14-9-16(11-17(10-14)23(35)36)19-3-1-2-4-20(19)27/h1-11,21,34H,12-13H2,(H,35,36). The van der Waals surface area contributed by atoms with E-state index in [2.05, 4.69) is 5.10 Å². The Morgan fingerprint density at radius 1 is 1.00 bits per heavy atom. The fourth-order valence-electron chi connectivity index (χ4n) is 3.73. The van der Waals surface area contributed by atoms with Crippen molar-refractivity contribution in [1.82, 2.24) is 14.3 Å². The molecule has 1 aromatic heterocycles. The number of carboxylic acid groups (broad SMARTS) is 1. The third-order valence-electron chi connectivity index (χ3n) is 5.52. The molecular formula is C25H18Cl2F3N3O4. The average molecular weight is 552 g/mol. The molecule has 12 heteroatoms. The first-order valence-corrected chi connectivity index (χ1v) is 11.5. The van der Waals surface area contributed by atoms with Crippen LogP contribution < -0.4 is 5.69 Å². The predicted molar refractivity (Wildman–Crippen MR) is 132 cm³/mol. The second-order valence-corrected chi connectivity index (χ2v) is 8.99. The van der Waals surface area contributed by atoms with Gasteiger partial charge >= 0.3 is 17.8 Å². The molecule has 3 aromatic carbocycles. The van der Waals surface area contributed by atoms with Crippen LogP contribution in [0.3, 0.4) is 0 Å². The third-order valence-corrected chi connectivity index (χ3v) is 6.10. The topological polar surface area (TPSA) is 97.3 Å². The van der Waals surface area contributed by atoms with Crippen molar-refractivity contribution in [3.63, 3.8) is 0 Å².